The molecule has 6 heteroatoms. The normalized spacial score (nSPS) is 19.8. The highest BCUT2D eigenvalue weighted by Gasteiger charge is 2.50. The highest BCUT2D eigenvalue weighted by atomic mass is 16.5. The van der Waals surface area contributed by atoms with Gasteiger partial charge in [0.15, 0.2) is 0 Å². The molecule has 1 saturated heterocycles. The molecule has 26 heavy (non-hydrogen) atoms. The lowest BCUT2D eigenvalue weighted by molar-refractivity contribution is -0.162. The van der Waals surface area contributed by atoms with E-state index in [1.165, 1.54) is 0 Å². The molecule has 2 aromatic carbocycles. The molecule has 0 radical (unpaired) electrons. The lowest BCUT2D eigenvalue weighted by Gasteiger charge is -2.32. The van der Waals surface area contributed by atoms with E-state index in [-0.39, 0.29) is 18.4 Å². The van der Waals surface area contributed by atoms with Crippen LogP contribution in [-0.4, -0.2) is 34.2 Å². The molecule has 0 aromatic heterocycles. The number of nitrogens with one attached hydrogen (secondary N) is 1. The fourth-order valence-corrected chi connectivity index (χ4v) is 3.28. The first-order valence-corrected chi connectivity index (χ1v) is 8.63. The predicted octanol–water partition coefficient (Wildman–Crippen LogP) is 2.68. The molecule has 0 unspecified atom stereocenters. The van der Waals surface area contributed by atoms with E-state index >= 15 is 0 Å². The van der Waals surface area contributed by atoms with Gasteiger partial charge in [-0.05, 0) is 47.7 Å². The molecule has 0 spiro atoms. The van der Waals surface area contributed by atoms with Crippen LogP contribution in [0.5, 0.6) is 0 Å². The maximum absolute atomic E-state index is 12.7. The summed E-state index contributed by atoms with van der Waals surface area (Å²) in [4.78, 5) is 25.0. The summed E-state index contributed by atoms with van der Waals surface area (Å²) in [5.41, 5.74) is 7.77. The Kier molecular flexibility index (Phi) is 4.70. The maximum Gasteiger partial charge on any atom is 0.271 e. The number of nitrogen functional groups attached to an aromatic ring is 1. The average Bonchev–Trinajstić information content (AvgIpc) is 2.92. The minimum Gasteiger partial charge on any atom is -0.399 e. The lowest BCUT2D eigenvalue weighted by atomic mass is 9.84. The first-order chi connectivity index (χ1) is 12.3. The third kappa shape index (κ3) is 3.15. The lowest BCUT2D eigenvalue weighted by Crippen LogP contribution is -2.57. The Morgan fingerprint density at radius 3 is 2.12 bits per heavy atom. The van der Waals surface area contributed by atoms with Gasteiger partial charge in [-0.1, -0.05) is 38.1 Å². The highest BCUT2D eigenvalue weighted by Crippen LogP contribution is 2.30. The third-order valence-electron chi connectivity index (χ3n) is 5.05. The zero-order chi connectivity index (χ0) is 18.9. The number of anilines is 1. The second kappa shape index (κ2) is 6.80. The van der Waals surface area contributed by atoms with E-state index in [1.54, 1.807) is 12.1 Å². The summed E-state index contributed by atoms with van der Waals surface area (Å²) in [6.07, 6.45) is 0.384. The van der Waals surface area contributed by atoms with E-state index in [9.17, 15) is 14.8 Å². The van der Waals surface area contributed by atoms with E-state index in [4.69, 9.17) is 5.73 Å². The van der Waals surface area contributed by atoms with Crippen LogP contribution in [0.15, 0.2) is 48.5 Å². The van der Waals surface area contributed by atoms with Gasteiger partial charge in [-0.25, -0.2) is 5.06 Å². The van der Waals surface area contributed by atoms with Gasteiger partial charge < -0.3 is 11.1 Å². The second-order valence-corrected chi connectivity index (χ2v) is 6.96. The molecule has 1 aliphatic rings. The Morgan fingerprint density at radius 1 is 1.12 bits per heavy atom. The Morgan fingerprint density at radius 2 is 1.65 bits per heavy atom. The zero-order valence-corrected chi connectivity index (χ0v) is 14.9. The molecule has 1 fully saturated rings. The summed E-state index contributed by atoms with van der Waals surface area (Å²) in [5, 5.41) is 13.2. The molecule has 6 nitrogen and oxygen atoms in total. The quantitative estimate of drug-likeness (QED) is 0.582. The number of hydrogen-bond donors (Lipinski definition) is 3. The summed E-state index contributed by atoms with van der Waals surface area (Å²) in [7, 11) is 0. The van der Waals surface area contributed by atoms with Crippen LogP contribution in [-0.2, 0) is 4.79 Å². The number of nitrogens with two attached hydrogens (primary N) is 1. The minimum absolute atomic E-state index is 0.134. The van der Waals surface area contributed by atoms with Gasteiger partial charge >= 0.3 is 0 Å². The number of carbonyl (C=O) groups is 2. The molecule has 0 saturated carbocycles. The standard InChI is InChI=1S/C20H23N3O3/c1-13(2)20(11-12-23(26)19(20)25)22-18(24)16-5-3-14(4-6-16)15-7-9-17(21)10-8-15/h3-10,13,26H,11-12,21H2,1-2H3,(H,22,24)/t20-/m0/s1. The van der Waals surface area contributed by atoms with Crippen molar-refractivity contribution in [2.75, 3.05) is 12.3 Å². The fourth-order valence-electron chi connectivity index (χ4n) is 3.28. The fraction of sp³-hybridized carbons (Fsp3) is 0.300. The van der Waals surface area contributed by atoms with Crippen LogP contribution >= 0.6 is 0 Å². The zero-order valence-electron chi connectivity index (χ0n) is 14.9. The smallest absolute Gasteiger partial charge is 0.271 e. The summed E-state index contributed by atoms with van der Waals surface area (Å²) < 4.78 is 0. The number of carbonyl (C=O) groups excluding carboxylic acids is 2. The monoisotopic (exact) mass is 353 g/mol. The van der Waals surface area contributed by atoms with Crippen molar-refractivity contribution in [2.24, 2.45) is 5.92 Å². The number of rotatable bonds is 4. The van der Waals surface area contributed by atoms with Gasteiger partial charge in [0, 0.05) is 11.3 Å². The Bertz CT molecular complexity index is 815. The van der Waals surface area contributed by atoms with E-state index in [1.807, 2.05) is 50.2 Å². The van der Waals surface area contributed by atoms with Gasteiger partial charge in [0.2, 0.25) is 0 Å². The van der Waals surface area contributed by atoms with Crippen LogP contribution in [0.3, 0.4) is 0 Å². The van der Waals surface area contributed by atoms with Crippen molar-refractivity contribution >= 4 is 17.5 Å². The molecule has 4 N–H and O–H groups in total. The van der Waals surface area contributed by atoms with E-state index in [0.29, 0.717) is 22.7 Å². The van der Waals surface area contributed by atoms with Crippen LogP contribution in [0.25, 0.3) is 11.1 Å². The maximum atomic E-state index is 12.7. The number of hydrogen-bond acceptors (Lipinski definition) is 4. The number of hydroxylamine groups is 2. The summed E-state index contributed by atoms with van der Waals surface area (Å²) in [5.74, 6) is -0.921. The van der Waals surface area contributed by atoms with Crippen LogP contribution in [0.2, 0.25) is 0 Å². The molecule has 2 amide bonds. The molecule has 0 bridgehead atoms. The van der Waals surface area contributed by atoms with E-state index < -0.39 is 11.4 Å². The predicted molar refractivity (Wildman–Crippen MR) is 99.4 cm³/mol. The summed E-state index contributed by atoms with van der Waals surface area (Å²) in [6.45, 7) is 3.94. The van der Waals surface area contributed by atoms with Crippen molar-refractivity contribution in [1.29, 1.82) is 0 Å². The summed E-state index contributed by atoms with van der Waals surface area (Å²) >= 11 is 0. The van der Waals surface area contributed by atoms with Gasteiger partial charge in [-0.15, -0.1) is 0 Å². The highest BCUT2D eigenvalue weighted by molar-refractivity contribution is 6.00. The van der Waals surface area contributed by atoms with Crippen molar-refractivity contribution in [1.82, 2.24) is 10.4 Å². The van der Waals surface area contributed by atoms with Gasteiger partial charge in [0.25, 0.3) is 11.8 Å². The van der Waals surface area contributed by atoms with E-state index in [2.05, 4.69) is 5.32 Å². The Balaban J connectivity index is 1.80. The second-order valence-electron chi connectivity index (χ2n) is 6.96. The van der Waals surface area contributed by atoms with Crippen LogP contribution < -0.4 is 11.1 Å². The average molecular weight is 353 g/mol. The van der Waals surface area contributed by atoms with Crippen molar-refractivity contribution in [3.63, 3.8) is 0 Å². The van der Waals surface area contributed by atoms with Crippen molar-refractivity contribution < 1.29 is 14.8 Å². The van der Waals surface area contributed by atoms with Gasteiger partial charge in [-0.3, -0.25) is 14.8 Å². The Hall–Kier alpha value is -2.86. The molecule has 1 atom stereocenters. The van der Waals surface area contributed by atoms with E-state index in [0.717, 1.165) is 11.1 Å². The van der Waals surface area contributed by atoms with Gasteiger partial charge in [0.05, 0.1) is 6.54 Å². The third-order valence-corrected chi connectivity index (χ3v) is 5.05. The number of nitrogens with zero attached hydrogens (tertiary/aromatic N) is 1. The molecule has 0 aliphatic carbocycles. The van der Waals surface area contributed by atoms with Crippen molar-refractivity contribution in [3.8, 4) is 11.1 Å². The topological polar surface area (TPSA) is 95.7 Å². The van der Waals surface area contributed by atoms with Gasteiger partial charge in [0.1, 0.15) is 5.54 Å². The summed E-state index contributed by atoms with van der Waals surface area (Å²) in [6, 6.07) is 14.7. The molecule has 1 aliphatic heterocycles. The van der Waals surface area contributed by atoms with Crippen LogP contribution in [0.1, 0.15) is 30.6 Å². The van der Waals surface area contributed by atoms with Crippen LogP contribution in [0, 0.1) is 5.92 Å². The first-order valence-electron chi connectivity index (χ1n) is 8.63. The molecule has 1 heterocycles. The number of benzene rings is 2. The minimum atomic E-state index is -1.07. The largest absolute Gasteiger partial charge is 0.399 e. The molecular formula is C20H23N3O3. The Labute approximate surface area is 152 Å². The molecule has 136 valence electrons. The number of amides is 2. The molecular weight excluding hydrogens is 330 g/mol. The molecule has 3 rings (SSSR count). The SMILES string of the molecule is CC(C)[C@@]1(NC(=O)c2ccc(-c3ccc(N)cc3)cc2)CCN(O)C1=O. The van der Waals surface area contributed by atoms with Crippen molar-refractivity contribution in [2.45, 2.75) is 25.8 Å². The van der Waals surface area contributed by atoms with Gasteiger partial charge in [-0.2, -0.15) is 0 Å². The van der Waals surface area contributed by atoms with Crippen molar-refractivity contribution in [3.05, 3.63) is 54.1 Å². The molecule has 2 aromatic rings. The first kappa shape index (κ1) is 17.9. The van der Waals surface area contributed by atoms with Crippen LogP contribution in [0.4, 0.5) is 5.69 Å².